The van der Waals surface area contributed by atoms with E-state index < -0.39 is 0 Å². The van der Waals surface area contributed by atoms with Gasteiger partial charge in [0.1, 0.15) is 0 Å². The van der Waals surface area contributed by atoms with Crippen LogP contribution >= 0.6 is 0 Å². The molecule has 1 saturated heterocycles. The molecule has 0 amide bonds. The Morgan fingerprint density at radius 3 is 2.47 bits per heavy atom. The largest absolute Gasteiger partial charge is 0.326 e. The van der Waals surface area contributed by atoms with E-state index in [1.807, 2.05) is 18.5 Å². The summed E-state index contributed by atoms with van der Waals surface area (Å²) >= 11 is 0. The van der Waals surface area contributed by atoms with Crippen molar-refractivity contribution < 1.29 is 0 Å². The molecule has 3 heteroatoms. The maximum Gasteiger partial charge on any atom is 0.0514 e. The van der Waals surface area contributed by atoms with Gasteiger partial charge in [-0.1, -0.05) is 32.3 Å². The minimum absolute atomic E-state index is 0.198. The van der Waals surface area contributed by atoms with Gasteiger partial charge in [0, 0.05) is 18.4 Å². The van der Waals surface area contributed by atoms with Gasteiger partial charge in [-0.25, -0.2) is 0 Å². The van der Waals surface area contributed by atoms with Crippen LogP contribution in [0.25, 0.3) is 0 Å². The summed E-state index contributed by atoms with van der Waals surface area (Å²) in [6.45, 7) is 4.53. The maximum atomic E-state index is 6.40. The minimum atomic E-state index is 0.198. The van der Waals surface area contributed by atoms with Crippen LogP contribution in [0.5, 0.6) is 0 Å². The molecule has 2 unspecified atom stereocenters. The average Bonchev–Trinajstić information content (AvgIpc) is 2.42. The summed E-state index contributed by atoms with van der Waals surface area (Å²) < 4.78 is 0. The van der Waals surface area contributed by atoms with Gasteiger partial charge in [-0.3, -0.25) is 9.88 Å². The van der Waals surface area contributed by atoms with Crippen LogP contribution in [0.4, 0.5) is 0 Å². The van der Waals surface area contributed by atoms with Crippen LogP contribution in [0.1, 0.15) is 57.1 Å². The van der Waals surface area contributed by atoms with Gasteiger partial charge in [-0.15, -0.1) is 0 Å². The van der Waals surface area contributed by atoms with E-state index in [2.05, 4.69) is 22.9 Å². The van der Waals surface area contributed by atoms with Crippen molar-refractivity contribution >= 4 is 0 Å². The van der Waals surface area contributed by atoms with Crippen LogP contribution in [-0.2, 0) is 0 Å². The van der Waals surface area contributed by atoms with Crippen LogP contribution < -0.4 is 5.73 Å². The van der Waals surface area contributed by atoms with Crippen LogP contribution in [0, 0.1) is 0 Å². The highest BCUT2D eigenvalue weighted by molar-refractivity contribution is 5.16. The molecular formula is C16H27N3. The molecule has 2 N–H and O–H groups in total. The fourth-order valence-electron chi connectivity index (χ4n) is 3.05. The third-order valence-electron chi connectivity index (χ3n) is 4.19. The molecule has 1 aliphatic rings. The number of nitrogens with zero attached hydrogens (tertiary/aromatic N) is 2. The van der Waals surface area contributed by atoms with Crippen LogP contribution in [0.15, 0.2) is 24.5 Å². The average molecular weight is 261 g/mol. The Bertz CT molecular complexity index is 344. The molecule has 2 heterocycles. The maximum absolute atomic E-state index is 6.40. The Balaban J connectivity index is 2.16. The molecule has 0 radical (unpaired) electrons. The first-order valence-corrected chi connectivity index (χ1v) is 7.72. The summed E-state index contributed by atoms with van der Waals surface area (Å²) in [6.07, 6.45) is 11.5. The zero-order chi connectivity index (χ0) is 13.5. The zero-order valence-electron chi connectivity index (χ0n) is 12.1. The molecule has 0 bridgehead atoms. The first-order valence-electron chi connectivity index (χ1n) is 7.72. The quantitative estimate of drug-likeness (QED) is 0.905. The highest BCUT2D eigenvalue weighted by Gasteiger charge is 2.25. The highest BCUT2D eigenvalue weighted by atomic mass is 15.2. The molecule has 0 saturated carbocycles. The van der Waals surface area contributed by atoms with Gasteiger partial charge in [0.2, 0.25) is 0 Å². The number of hydrogen-bond donors (Lipinski definition) is 1. The van der Waals surface area contributed by atoms with Crippen molar-refractivity contribution in [2.75, 3.05) is 13.1 Å². The molecule has 3 nitrogen and oxygen atoms in total. The van der Waals surface area contributed by atoms with Gasteiger partial charge in [-0.2, -0.15) is 0 Å². The summed E-state index contributed by atoms with van der Waals surface area (Å²) in [5.74, 6) is 0. The second-order valence-corrected chi connectivity index (χ2v) is 5.61. The highest BCUT2D eigenvalue weighted by Crippen LogP contribution is 2.26. The first kappa shape index (κ1) is 14.5. The van der Waals surface area contributed by atoms with Crippen molar-refractivity contribution in [1.82, 2.24) is 9.88 Å². The third-order valence-corrected chi connectivity index (χ3v) is 4.19. The Kier molecular flexibility index (Phi) is 5.80. The lowest BCUT2D eigenvalue weighted by atomic mass is 9.96. The standard InChI is InChI=1S/C16H27N3/c1-2-15(17)16(14-9-8-10-18-13-14)19-11-6-4-3-5-7-12-19/h8-10,13,15-16H,2-7,11-12,17H2,1H3. The molecular weight excluding hydrogens is 234 g/mol. The van der Waals surface area contributed by atoms with Gasteiger partial charge < -0.3 is 5.73 Å². The van der Waals surface area contributed by atoms with Crippen molar-refractivity contribution in [3.63, 3.8) is 0 Å². The molecule has 0 aromatic carbocycles. The molecule has 1 fully saturated rings. The van der Waals surface area contributed by atoms with E-state index in [1.165, 1.54) is 50.8 Å². The lowest BCUT2D eigenvalue weighted by Gasteiger charge is -2.36. The number of rotatable bonds is 4. The topological polar surface area (TPSA) is 42.1 Å². The number of likely N-dealkylation sites (tertiary alicyclic amines) is 1. The SMILES string of the molecule is CCC(N)C(c1cccnc1)N1CCCCCCC1. The summed E-state index contributed by atoms with van der Waals surface area (Å²) in [4.78, 5) is 6.86. The fourth-order valence-corrected chi connectivity index (χ4v) is 3.05. The fraction of sp³-hybridized carbons (Fsp3) is 0.688. The Hall–Kier alpha value is -0.930. The van der Waals surface area contributed by atoms with Crippen molar-refractivity contribution in [2.45, 2.75) is 57.5 Å². The van der Waals surface area contributed by atoms with E-state index in [0.717, 1.165) is 6.42 Å². The Labute approximate surface area is 117 Å². The van der Waals surface area contributed by atoms with Gasteiger partial charge in [0.15, 0.2) is 0 Å². The monoisotopic (exact) mass is 261 g/mol. The van der Waals surface area contributed by atoms with Crippen molar-refractivity contribution in [3.05, 3.63) is 30.1 Å². The second-order valence-electron chi connectivity index (χ2n) is 5.61. The molecule has 0 aliphatic carbocycles. The van der Waals surface area contributed by atoms with Crippen molar-refractivity contribution in [2.24, 2.45) is 5.73 Å². The minimum Gasteiger partial charge on any atom is -0.326 e. The van der Waals surface area contributed by atoms with Gasteiger partial charge in [0.05, 0.1) is 6.04 Å². The van der Waals surface area contributed by atoms with Gasteiger partial charge in [0.25, 0.3) is 0 Å². The summed E-state index contributed by atoms with van der Waals surface area (Å²) in [6, 6.07) is 4.72. The van der Waals surface area contributed by atoms with Crippen molar-refractivity contribution in [1.29, 1.82) is 0 Å². The molecule has 106 valence electrons. The lowest BCUT2D eigenvalue weighted by molar-refractivity contribution is 0.154. The summed E-state index contributed by atoms with van der Waals surface area (Å²) in [5.41, 5.74) is 7.68. The number of hydrogen-bond acceptors (Lipinski definition) is 3. The predicted octanol–water partition coefficient (Wildman–Crippen LogP) is 3.13. The smallest absolute Gasteiger partial charge is 0.0514 e. The molecule has 19 heavy (non-hydrogen) atoms. The van der Waals surface area contributed by atoms with Gasteiger partial charge >= 0.3 is 0 Å². The predicted molar refractivity (Wildman–Crippen MR) is 79.9 cm³/mol. The summed E-state index contributed by atoms with van der Waals surface area (Å²) in [7, 11) is 0. The van der Waals surface area contributed by atoms with E-state index in [-0.39, 0.29) is 6.04 Å². The van der Waals surface area contributed by atoms with Gasteiger partial charge in [-0.05, 0) is 44.0 Å². The van der Waals surface area contributed by atoms with Crippen molar-refractivity contribution in [3.8, 4) is 0 Å². The van der Waals surface area contributed by atoms with E-state index in [1.54, 1.807) is 0 Å². The molecule has 2 rings (SSSR count). The van der Waals surface area contributed by atoms with E-state index >= 15 is 0 Å². The Morgan fingerprint density at radius 1 is 1.21 bits per heavy atom. The molecule has 1 aromatic heterocycles. The molecule has 1 aliphatic heterocycles. The van der Waals surface area contributed by atoms with Crippen LogP contribution in [-0.4, -0.2) is 29.0 Å². The normalized spacial score (nSPS) is 21.4. The lowest BCUT2D eigenvalue weighted by Crippen LogP contribution is -2.42. The third kappa shape index (κ3) is 4.02. The van der Waals surface area contributed by atoms with E-state index in [4.69, 9.17) is 5.73 Å². The molecule has 1 aromatic rings. The number of pyridine rings is 1. The molecule has 2 atom stereocenters. The van der Waals surface area contributed by atoms with Crippen LogP contribution in [0.2, 0.25) is 0 Å². The first-order chi connectivity index (χ1) is 9.33. The van der Waals surface area contributed by atoms with Crippen LogP contribution in [0.3, 0.4) is 0 Å². The zero-order valence-corrected chi connectivity index (χ0v) is 12.1. The summed E-state index contributed by atoms with van der Waals surface area (Å²) in [5, 5.41) is 0. The Morgan fingerprint density at radius 2 is 1.89 bits per heavy atom. The molecule has 0 spiro atoms. The van der Waals surface area contributed by atoms with E-state index in [9.17, 15) is 0 Å². The number of nitrogens with two attached hydrogens (primary N) is 1. The number of aromatic nitrogens is 1. The van der Waals surface area contributed by atoms with E-state index in [0.29, 0.717) is 6.04 Å². The second kappa shape index (κ2) is 7.61.